The number of carboxylic acid groups (broad SMARTS) is 1. The van der Waals surface area contributed by atoms with Gasteiger partial charge in [-0.2, -0.15) is 0 Å². The molecule has 1 heterocycles. The first-order valence-corrected chi connectivity index (χ1v) is 5.67. The molecule has 0 saturated carbocycles. The molecule has 0 spiro atoms. The van der Waals surface area contributed by atoms with Crippen molar-refractivity contribution < 1.29 is 9.90 Å². The molecule has 0 aliphatic carbocycles. The first-order chi connectivity index (χ1) is 8.56. The van der Waals surface area contributed by atoms with Crippen molar-refractivity contribution in [1.82, 2.24) is 9.97 Å². The van der Waals surface area contributed by atoms with Crippen LogP contribution in [0.25, 0.3) is 11.3 Å². The van der Waals surface area contributed by atoms with Crippen LogP contribution in [0.15, 0.2) is 30.5 Å². The van der Waals surface area contributed by atoms with Crippen LogP contribution >= 0.6 is 0 Å². The van der Waals surface area contributed by atoms with E-state index in [1.54, 1.807) is 12.3 Å². The predicted octanol–water partition coefficient (Wildman–Crippen LogP) is 2.39. The van der Waals surface area contributed by atoms with Crippen LogP contribution in [0, 0.1) is 13.8 Å². The molecule has 0 atom stereocenters. The third-order valence-electron chi connectivity index (χ3n) is 2.82. The van der Waals surface area contributed by atoms with E-state index in [2.05, 4.69) is 16.9 Å². The average Bonchev–Trinajstić information content (AvgIpc) is 2.32. The van der Waals surface area contributed by atoms with Crippen molar-refractivity contribution in [3.63, 3.8) is 0 Å². The molecule has 0 bridgehead atoms. The smallest absolute Gasteiger partial charge is 0.311 e. The second kappa shape index (κ2) is 4.96. The lowest BCUT2D eigenvalue weighted by Crippen LogP contribution is -2.05. The molecule has 1 aromatic heterocycles. The highest BCUT2D eigenvalue weighted by Crippen LogP contribution is 2.20. The first-order valence-electron chi connectivity index (χ1n) is 5.67. The van der Waals surface area contributed by atoms with Gasteiger partial charge >= 0.3 is 5.97 Å². The summed E-state index contributed by atoms with van der Waals surface area (Å²) in [6.45, 7) is 4.09. The zero-order valence-corrected chi connectivity index (χ0v) is 10.3. The monoisotopic (exact) mass is 242 g/mol. The van der Waals surface area contributed by atoms with E-state index in [0.29, 0.717) is 5.82 Å². The molecule has 0 fully saturated rings. The molecule has 2 aromatic rings. The minimum atomic E-state index is -0.924. The minimum Gasteiger partial charge on any atom is -0.481 e. The summed E-state index contributed by atoms with van der Waals surface area (Å²) < 4.78 is 0. The molecular formula is C14H14N2O2. The van der Waals surface area contributed by atoms with E-state index in [0.717, 1.165) is 11.3 Å². The number of nitrogens with zero attached hydrogens (tertiary/aromatic N) is 2. The molecule has 18 heavy (non-hydrogen) atoms. The maximum Gasteiger partial charge on any atom is 0.311 e. The number of aliphatic carboxylic acids is 1. The average molecular weight is 242 g/mol. The fraction of sp³-hybridized carbons (Fsp3) is 0.214. The summed E-state index contributed by atoms with van der Waals surface area (Å²) in [5, 5.41) is 8.73. The summed E-state index contributed by atoms with van der Waals surface area (Å²) in [6, 6.07) is 7.84. The van der Waals surface area contributed by atoms with E-state index in [4.69, 9.17) is 5.11 Å². The summed E-state index contributed by atoms with van der Waals surface area (Å²) in [7, 11) is 0. The third-order valence-corrected chi connectivity index (χ3v) is 2.82. The minimum absolute atomic E-state index is 0.154. The number of hydrogen-bond acceptors (Lipinski definition) is 3. The zero-order chi connectivity index (χ0) is 13.1. The second-order valence-electron chi connectivity index (χ2n) is 4.23. The number of hydrogen-bond donors (Lipinski definition) is 1. The lowest BCUT2D eigenvalue weighted by Gasteiger charge is -2.05. The van der Waals surface area contributed by atoms with Gasteiger partial charge in [0.1, 0.15) is 12.2 Å². The number of aromatic nitrogens is 2. The Labute approximate surface area is 105 Å². The van der Waals surface area contributed by atoms with Gasteiger partial charge in [0.2, 0.25) is 0 Å². The number of rotatable bonds is 3. The van der Waals surface area contributed by atoms with Gasteiger partial charge in [0, 0.05) is 11.8 Å². The van der Waals surface area contributed by atoms with Crippen molar-refractivity contribution in [3.8, 4) is 11.3 Å². The Hall–Kier alpha value is -2.23. The standard InChI is InChI=1S/C14H14N2O2/c1-9-3-4-11(7-10(9)2)12-5-6-15-13(16-12)8-14(17)18/h3-7H,8H2,1-2H3,(H,17,18). The van der Waals surface area contributed by atoms with Crippen molar-refractivity contribution in [2.24, 2.45) is 0 Å². The fourth-order valence-electron chi connectivity index (χ4n) is 1.68. The predicted molar refractivity (Wildman–Crippen MR) is 68.3 cm³/mol. The van der Waals surface area contributed by atoms with Crippen molar-refractivity contribution in [3.05, 3.63) is 47.4 Å². The largest absolute Gasteiger partial charge is 0.481 e. The Bertz CT molecular complexity index is 594. The number of carboxylic acids is 1. The van der Waals surface area contributed by atoms with Gasteiger partial charge in [0.15, 0.2) is 0 Å². The second-order valence-corrected chi connectivity index (χ2v) is 4.23. The van der Waals surface area contributed by atoms with Gasteiger partial charge in [0.25, 0.3) is 0 Å². The van der Waals surface area contributed by atoms with E-state index in [-0.39, 0.29) is 6.42 Å². The molecule has 0 amide bonds. The van der Waals surface area contributed by atoms with Gasteiger partial charge in [-0.05, 0) is 37.1 Å². The van der Waals surface area contributed by atoms with Gasteiger partial charge < -0.3 is 5.11 Å². The van der Waals surface area contributed by atoms with E-state index in [1.165, 1.54) is 11.1 Å². The maximum atomic E-state index is 10.6. The quantitative estimate of drug-likeness (QED) is 0.897. The molecule has 1 N–H and O–H groups in total. The highest BCUT2D eigenvalue weighted by molar-refractivity contribution is 5.69. The molecule has 4 nitrogen and oxygen atoms in total. The molecule has 0 aliphatic rings. The Morgan fingerprint density at radius 2 is 2.00 bits per heavy atom. The Kier molecular flexibility index (Phi) is 3.37. The van der Waals surface area contributed by atoms with Gasteiger partial charge in [-0.3, -0.25) is 4.79 Å². The van der Waals surface area contributed by atoms with Crippen LogP contribution in [-0.4, -0.2) is 21.0 Å². The lowest BCUT2D eigenvalue weighted by molar-refractivity contribution is -0.136. The maximum absolute atomic E-state index is 10.6. The zero-order valence-electron chi connectivity index (χ0n) is 10.3. The van der Waals surface area contributed by atoms with Gasteiger partial charge in [-0.1, -0.05) is 12.1 Å². The van der Waals surface area contributed by atoms with Crippen LogP contribution in [0.2, 0.25) is 0 Å². The van der Waals surface area contributed by atoms with Gasteiger partial charge in [-0.15, -0.1) is 0 Å². The summed E-state index contributed by atoms with van der Waals surface area (Å²) >= 11 is 0. The molecule has 2 rings (SSSR count). The fourth-order valence-corrected chi connectivity index (χ4v) is 1.68. The Morgan fingerprint density at radius 3 is 2.67 bits per heavy atom. The van der Waals surface area contributed by atoms with Crippen LogP contribution < -0.4 is 0 Å². The van der Waals surface area contributed by atoms with Crippen molar-refractivity contribution >= 4 is 5.97 Å². The van der Waals surface area contributed by atoms with Crippen molar-refractivity contribution in [2.75, 3.05) is 0 Å². The van der Waals surface area contributed by atoms with Crippen LogP contribution in [0.4, 0.5) is 0 Å². The SMILES string of the molecule is Cc1ccc(-c2ccnc(CC(=O)O)n2)cc1C. The topological polar surface area (TPSA) is 63.1 Å². The van der Waals surface area contributed by atoms with Gasteiger partial charge in [0.05, 0.1) is 5.69 Å². The Morgan fingerprint density at radius 1 is 1.22 bits per heavy atom. The third kappa shape index (κ3) is 2.71. The van der Waals surface area contributed by atoms with Crippen LogP contribution in [-0.2, 0) is 11.2 Å². The first kappa shape index (κ1) is 12.2. The van der Waals surface area contributed by atoms with Crippen LogP contribution in [0.1, 0.15) is 17.0 Å². The van der Waals surface area contributed by atoms with Gasteiger partial charge in [-0.25, -0.2) is 9.97 Å². The van der Waals surface area contributed by atoms with Crippen molar-refractivity contribution in [2.45, 2.75) is 20.3 Å². The van der Waals surface area contributed by atoms with E-state index >= 15 is 0 Å². The van der Waals surface area contributed by atoms with Crippen LogP contribution in [0.3, 0.4) is 0 Å². The summed E-state index contributed by atoms with van der Waals surface area (Å²) in [5.74, 6) is -0.592. The molecule has 0 radical (unpaired) electrons. The molecule has 4 heteroatoms. The molecular weight excluding hydrogens is 228 g/mol. The van der Waals surface area contributed by atoms with E-state index < -0.39 is 5.97 Å². The number of aryl methyl sites for hydroxylation is 2. The van der Waals surface area contributed by atoms with E-state index in [1.807, 2.05) is 25.1 Å². The highest BCUT2D eigenvalue weighted by atomic mass is 16.4. The molecule has 1 aromatic carbocycles. The summed E-state index contributed by atoms with van der Waals surface area (Å²) in [4.78, 5) is 18.9. The van der Waals surface area contributed by atoms with Crippen LogP contribution in [0.5, 0.6) is 0 Å². The number of benzene rings is 1. The molecule has 0 aliphatic heterocycles. The molecule has 92 valence electrons. The lowest BCUT2D eigenvalue weighted by atomic mass is 10.0. The number of carbonyl (C=O) groups is 1. The summed E-state index contributed by atoms with van der Waals surface area (Å²) in [5.41, 5.74) is 4.14. The molecule has 0 saturated heterocycles. The normalized spacial score (nSPS) is 10.3. The van der Waals surface area contributed by atoms with E-state index in [9.17, 15) is 4.79 Å². The highest BCUT2D eigenvalue weighted by Gasteiger charge is 2.06. The Balaban J connectivity index is 2.38. The molecule has 0 unspecified atom stereocenters. The summed E-state index contributed by atoms with van der Waals surface area (Å²) in [6.07, 6.45) is 1.44. The van der Waals surface area contributed by atoms with Crippen molar-refractivity contribution in [1.29, 1.82) is 0 Å².